The zero-order valence-corrected chi connectivity index (χ0v) is 13.7. The van der Waals surface area contributed by atoms with Crippen LogP contribution in [0, 0.1) is 11.8 Å². The molecule has 0 radical (unpaired) electrons. The molecule has 1 amide bonds. The van der Waals surface area contributed by atoms with E-state index in [1.165, 1.54) is 0 Å². The highest BCUT2D eigenvalue weighted by molar-refractivity contribution is 5.79. The molecule has 23 heavy (non-hydrogen) atoms. The largest absolute Gasteiger partial charge is 0.497 e. The van der Waals surface area contributed by atoms with E-state index in [0.29, 0.717) is 37.4 Å². The Balaban J connectivity index is 1.96. The van der Waals surface area contributed by atoms with Gasteiger partial charge in [-0.15, -0.1) is 0 Å². The van der Waals surface area contributed by atoms with E-state index in [1.54, 1.807) is 25.2 Å². The number of ether oxygens (including phenoxy) is 2. The monoisotopic (exact) mass is 321 g/mol. The molecule has 2 rings (SSSR count). The number of likely N-dealkylation sites (tertiary alicyclic amines) is 1. The zero-order chi connectivity index (χ0) is 17.0. The molecule has 1 heterocycles. The second kappa shape index (κ2) is 7.35. The topological polar surface area (TPSA) is 76.1 Å². The number of aliphatic carboxylic acids is 1. The number of carboxylic acid groups (broad SMARTS) is 1. The third kappa shape index (κ3) is 4.15. The van der Waals surface area contributed by atoms with Gasteiger partial charge in [-0.2, -0.15) is 0 Å². The summed E-state index contributed by atoms with van der Waals surface area (Å²) in [5.41, 5.74) is 0.955. The lowest BCUT2D eigenvalue weighted by Crippen LogP contribution is -2.30. The first-order valence-corrected chi connectivity index (χ1v) is 7.67. The second-order valence-electron chi connectivity index (χ2n) is 5.94. The summed E-state index contributed by atoms with van der Waals surface area (Å²) in [6.45, 7) is 2.69. The molecule has 1 N–H and O–H groups in total. The van der Waals surface area contributed by atoms with E-state index in [0.717, 1.165) is 5.56 Å². The molecule has 1 aromatic rings. The van der Waals surface area contributed by atoms with E-state index in [2.05, 4.69) is 0 Å². The maximum atomic E-state index is 12.3. The van der Waals surface area contributed by atoms with Crippen LogP contribution >= 0.6 is 0 Å². The number of rotatable bonds is 6. The number of methoxy groups -OCH3 is 2. The first kappa shape index (κ1) is 17.1. The van der Waals surface area contributed by atoms with Crippen molar-refractivity contribution in [3.05, 3.63) is 23.8 Å². The molecular weight excluding hydrogens is 298 g/mol. The molecule has 0 spiro atoms. The smallest absolute Gasteiger partial charge is 0.308 e. The van der Waals surface area contributed by atoms with Gasteiger partial charge in [0.2, 0.25) is 5.91 Å². The Labute approximate surface area is 136 Å². The minimum Gasteiger partial charge on any atom is -0.497 e. The van der Waals surface area contributed by atoms with Gasteiger partial charge in [-0.05, 0) is 30.0 Å². The number of carbonyl (C=O) groups excluding carboxylic acids is 1. The predicted molar refractivity (Wildman–Crippen MR) is 84.7 cm³/mol. The normalized spacial score (nSPS) is 20.4. The van der Waals surface area contributed by atoms with Crippen LogP contribution in [0.25, 0.3) is 0 Å². The molecule has 0 saturated carbocycles. The highest BCUT2D eigenvalue weighted by atomic mass is 16.5. The van der Waals surface area contributed by atoms with Crippen LogP contribution in [0.2, 0.25) is 0 Å². The Morgan fingerprint density at radius 2 is 1.78 bits per heavy atom. The molecule has 0 unspecified atom stereocenters. The Morgan fingerprint density at radius 1 is 1.17 bits per heavy atom. The second-order valence-corrected chi connectivity index (χ2v) is 5.94. The number of carbonyl (C=O) groups is 2. The molecule has 2 atom stereocenters. The predicted octanol–water partition coefficient (Wildman–Crippen LogP) is 1.82. The van der Waals surface area contributed by atoms with Crippen LogP contribution in [0.3, 0.4) is 0 Å². The maximum Gasteiger partial charge on any atom is 0.308 e. The number of hydrogen-bond acceptors (Lipinski definition) is 4. The highest BCUT2D eigenvalue weighted by Gasteiger charge is 2.36. The summed E-state index contributed by atoms with van der Waals surface area (Å²) in [4.78, 5) is 25.1. The van der Waals surface area contributed by atoms with Crippen molar-refractivity contribution >= 4 is 11.9 Å². The van der Waals surface area contributed by atoms with Crippen molar-refractivity contribution in [2.45, 2.75) is 19.8 Å². The highest BCUT2D eigenvalue weighted by Crippen LogP contribution is 2.26. The molecule has 1 aliphatic rings. The average Bonchev–Trinajstić information content (AvgIpc) is 2.94. The molecule has 1 aliphatic heterocycles. The Kier molecular flexibility index (Phi) is 5.47. The Bertz CT molecular complexity index is 564. The molecule has 0 bridgehead atoms. The van der Waals surface area contributed by atoms with E-state index >= 15 is 0 Å². The van der Waals surface area contributed by atoms with Gasteiger partial charge in [0.15, 0.2) is 0 Å². The van der Waals surface area contributed by atoms with Crippen molar-refractivity contribution in [3.63, 3.8) is 0 Å². The molecule has 6 nitrogen and oxygen atoms in total. The van der Waals surface area contributed by atoms with Crippen LogP contribution in [0.1, 0.15) is 18.9 Å². The minimum atomic E-state index is -0.828. The van der Waals surface area contributed by atoms with Gasteiger partial charge >= 0.3 is 5.97 Å². The van der Waals surface area contributed by atoms with Crippen molar-refractivity contribution in [3.8, 4) is 11.5 Å². The number of carboxylic acids is 1. The lowest BCUT2D eigenvalue weighted by Gasteiger charge is -2.16. The van der Waals surface area contributed by atoms with E-state index in [-0.39, 0.29) is 11.8 Å². The molecular formula is C17H23NO5. The van der Waals surface area contributed by atoms with E-state index in [1.807, 2.05) is 19.1 Å². The molecule has 1 fully saturated rings. The molecule has 1 saturated heterocycles. The first-order valence-electron chi connectivity index (χ1n) is 7.67. The number of benzene rings is 1. The minimum absolute atomic E-state index is 0.00615. The third-order valence-electron chi connectivity index (χ3n) is 4.32. The van der Waals surface area contributed by atoms with Crippen LogP contribution in [0.15, 0.2) is 18.2 Å². The van der Waals surface area contributed by atoms with Crippen molar-refractivity contribution < 1.29 is 24.2 Å². The van der Waals surface area contributed by atoms with Crippen molar-refractivity contribution in [1.29, 1.82) is 0 Å². The average molecular weight is 321 g/mol. The fourth-order valence-corrected chi connectivity index (χ4v) is 2.91. The first-order chi connectivity index (χ1) is 10.9. The quantitative estimate of drug-likeness (QED) is 0.865. The zero-order valence-electron chi connectivity index (χ0n) is 13.7. The molecule has 0 aromatic heterocycles. The molecule has 6 heteroatoms. The van der Waals surface area contributed by atoms with Crippen LogP contribution in [-0.2, 0) is 16.0 Å². The van der Waals surface area contributed by atoms with E-state index in [4.69, 9.17) is 14.6 Å². The van der Waals surface area contributed by atoms with Crippen molar-refractivity contribution in [1.82, 2.24) is 4.90 Å². The van der Waals surface area contributed by atoms with Gasteiger partial charge in [0.05, 0.1) is 20.1 Å². The van der Waals surface area contributed by atoms with Crippen LogP contribution in [-0.4, -0.2) is 49.2 Å². The molecule has 126 valence electrons. The van der Waals surface area contributed by atoms with E-state index < -0.39 is 11.9 Å². The standard InChI is InChI=1S/C17H23NO5/c1-11-9-18(10-15(11)17(20)21)16(19)5-4-12-6-13(22-2)8-14(7-12)23-3/h6-8,11,15H,4-5,9-10H2,1-3H3,(H,20,21)/t11-,15-/m1/s1. The van der Waals surface area contributed by atoms with Gasteiger partial charge in [-0.3, -0.25) is 9.59 Å². The summed E-state index contributed by atoms with van der Waals surface area (Å²) < 4.78 is 10.4. The SMILES string of the molecule is COc1cc(CCC(=O)N2C[C@@H](C)[C@H](C(=O)O)C2)cc(OC)c1. The molecule has 1 aromatic carbocycles. The van der Waals surface area contributed by atoms with Crippen LogP contribution in [0.4, 0.5) is 0 Å². The fraction of sp³-hybridized carbons (Fsp3) is 0.529. The van der Waals surface area contributed by atoms with Crippen molar-refractivity contribution in [2.24, 2.45) is 11.8 Å². The summed E-state index contributed by atoms with van der Waals surface area (Å²) in [6, 6.07) is 5.54. The van der Waals surface area contributed by atoms with Gasteiger partial charge in [-0.25, -0.2) is 0 Å². The number of aryl methyl sites for hydroxylation is 1. The lowest BCUT2D eigenvalue weighted by molar-refractivity contribution is -0.142. The summed E-state index contributed by atoms with van der Waals surface area (Å²) in [5.74, 6) is 0.0667. The summed E-state index contributed by atoms with van der Waals surface area (Å²) in [7, 11) is 3.17. The number of hydrogen-bond donors (Lipinski definition) is 1. The maximum absolute atomic E-state index is 12.3. The van der Waals surface area contributed by atoms with Gasteiger partial charge in [0.1, 0.15) is 11.5 Å². The fourth-order valence-electron chi connectivity index (χ4n) is 2.91. The van der Waals surface area contributed by atoms with Crippen molar-refractivity contribution in [2.75, 3.05) is 27.3 Å². The summed E-state index contributed by atoms with van der Waals surface area (Å²) in [6.07, 6.45) is 0.907. The Morgan fingerprint density at radius 3 is 2.26 bits per heavy atom. The number of nitrogens with zero attached hydrogens (tertiary/aromatic N) is 1. The number of amides is 1. The van der Waals surface area contributed by atoms with Crippen LogP contribution in [0.5, 0.6) is 11.5 Å². The van der Waals surface area contributed by atoms with Crippen LogP contribution < -0.4 is 9.47 Å². The Hall–Kier alpha value is -2.24. The van der Waals surface area contributed by atoms with E-state index in [9.17, 15) is 9.59 Å². The van der Waals surface area contributed by atoms with Gasteiger partial charge < -0.3 is 19.5 Å². The third-order valence-corrected chi connectivity index (χ3v) is 4.32. The summed E-state index contributed by atoms with van der Waals surface area (Å²) in [5, 5.41) is 9.14. The van der Waals surface area contributed by atoms with Gasteiger partial charge in [0, 0.05) is 25.6 Å². The summed E-state index contributed by atoms with van der Waals surface area (Å²) >= 11 is 0. The molecule has 0 aliphatic carbocycles. The van der Waals surface area contributed by atoms with Gasteiger partial charge in [-0.1, -0.05) is 6.92 Å². The lowest BCUT2D eigenvalue weighted by atomic mass is 9.99. The van der Waals surface area contributed by atoms with Gasteiger partial charge in [0.25, 0.3) is 0 Å².